The lowest BCUT2D eigenvalue weighted by Crippen LogP contribution is -2.53. The third-order valence-electron chi connectivity index (χ3n) is 3.97. The van der Waals surface area contributed by atoms with Crippen molar-refractivity contribution < 1.29 is 9.84 Å². The number of aliphatic hydroxyl groups is 1. The predicted octanol–water partition coefficient (Wildman–Crippen LogP) is 2.91. The van der Waals surface area contributed by atoms with Gasteiger partial charge in [-0.05, 0) is 32.0 Å². The molecule has 0 saturated carbocycles. The quantitative estimate of drug-likeness (QED) is 0.757. The zero-order valence-electron chi connectivity index (χ0n) is 12.3. The first kappa shape index (κ1) is 15.7. The summed E-state index contributed by atoms with van der Waals surface area (Å²) in [6, 6.07) is 5.51. The minimum absolute atomic E-state index is 0.279. The van der Waals surface area contributed by atoms with Crippen LogP contribution in [0.5, 0.6) is 5.75 Å². The normalized spacial score (nSPS) is 28.1. The molecule has 2 aliphatic rings. The number of ether oxygens (including phenoxy) is 1. The van der Waals surface area contributed by atoms with Gasteiger partial charge in [0.05, 0.1) is 6.04 Å². The fourth-order valence-electron chi connectivity index (χ4n) is 2.89. The molecule has 5 nitrogen and oxygen atoms in total. The van der Waals surface area contributed by atoms with Gasteiger partial charge >= 0.3 is 0 Å². The van der Waals surface area contributed by atoms with Crippen LogP contribution >= 0.6 is 27.7 Å². The summed E-state index contributed by atoms with van der Waals surface area (Å²) in [6.45, 7) is 4.49. The molecule has 0 amide bonds. The Balaban J connectivity index is 2.11. The largest absolute Gasteiger partial charge is 0.485 e. The van der Waals surface area contributed by atoms with Crippen molar-refractivity contribution in [3.8, 4) is 11.9 Å². The first-order valence-corrected chi connectivity index (χ1v) is 8.74. The molecule has 2 heterocycles. The van der Waals surface area contributed by atoms with Gasteiger partial charge in [-0.3, -0.25) is 0 Å². The lowest BCUT2D eigenvalue weighted by Gasteiger charge is -2.45. The highest BCUT2D eigenvalue weighted by Crippen LogP contribution is 2.45. The Kier molecular flexibility index (Phi) is 4.10. The number of rotatable bonds is 1. The molecule has 1 aromatic rings. The number of nitriles is 1. The summed E-state index contributed by atoms with van der Waals surface area (Å²) in [5.74, 6) is 1.62. The number of aliphatic imine (C=N–C) groups is 1. The molecule has 1 saturated heterocycles. The van der Waals surface area contributed by atoms with E-state index >= 15 is 0 Å². The minimum Gasteiger partial charge on any atom is -0.485 e. The summed E-state index contributed by atoms with van der Waals surface area (Å²) >= 11 is 5.02. The van der Waals surface area contributed by atoms with E-state index in [9.17, 15) is 5.11 Å². The van der Waals surface area contributed by atoms with Crippen LogP contribution in [-0.4, -0.2) is 39.2 Å². The molecule has 0 spiro atoms. The molecule has 2 aliphatic heterocycles. The maximum Gasteiger partial charge on any atom is 0.208 e. The van der Waals surface area contributed by atoms with E-state index < -0.39 is 11.7 Å². The Morgan fingerprint density at radius 3 is 3.05 bits per heavy atom. The summed E-state index contributed by atoms with van der Waals surface area (Å²) in [5, 5.41) is 20.4. The smallest absolute Gasteiger partial charge is 0.208 e. The van der Waals surface area contributed by atoms with Crippen molar-refractivity contribution >= 4 is 32.9 Å². The molecule has 1 aromatic carbocycles. The Labute approximate surface area is 142 Å². The van der Waals surface area contributed by atoms with Crippen LogP contribution in [0.4, 0.5) is 0 Å². The highest BCUT2D eigenvalue weighted by atomic mass is 79.9. The molecule has 3 rings (SSSR count). The van der Waals surface area contributed by atoms with Crippen LogP contribution in [0.3, 0.4) is 0 Å². The number of benzene rings is 1. The van der Waals surface area contributed by atoms with E-state index in [0.29, 0.717) is 5.17 Å². The molecular weight excluding hydrogens is 366 g/mol. The van der Waals surface area contributed by atoms with Gasteiger partial charge in [0.25, 0.3) is 0 Å². The summed E-state index contributed by atoms with van der Waals surface area (Å²) in [6.07, 6.45) is 1.13. The number of halogens is 1. The van der Waals surface area contributed by atoms with E-state index in [0.717, 1.165) is 28.1 Å². The Hall–Kier alpha value is -1.23. The fraction of sp³-hybridized carbons (Fsp3) is 0.467. The number of thioether (sulfide) groups is 1. The second-order valence-corrected chi connectivity index (χ2v) is 7.79. The molecule has 2 unspecified atom stereocenters. The van der Waals surface area contributed by atoms with Crippen LogP contribution in [0.1, 0.15) is 25.5 Å². The topological polar surface area (TPSA) is 68.8 Å². The van der Waals surface area contributed by atoms with E-state index in [2.05, 4.69) is 20.9 Å². The van der Waals surface area contributed by atoms with Gasteiger partial charge in [-0.15, -0.1) is 4.99 Å². The fourth-order valence-corrected chi connectivity index (χ4v) is 4.21. The first-order chi connectivity index (χ1) is 10.4. The van der Waals surface area contributed by atoms with Gasteiger partial charge in [-0.25, -0.2) is 0 Å². The van der Waals surface area contributed by atoms with Crippen molar-refractivity contribution in [3.63, 3.8) is 0 Å². The Bertz CT molecular complexity index is 671. The zero-order valence-corrected chi connectivity index (χ0v) is 14.7. The van der Waals surface area contributed by atoms with Crippen LogP contribution < -0.4 is 4.74 Å². The molecule has 0 aliphatic carbocycles. The van der Waals surface area contributed by atoms with Crippen molar-refractivity contribution in [1.82, 2.24) is 4.90 Å². The second-order valence-electron chi connectivity index (χ2n) is 5.81. The molecule has 0 aromatic heterocycles. The van der Waals surface area contributed by atoms with Crippen molar-refractivity contribution in [2.45, 2.75) is 31.6 Å². The average molecular weight is 382 g/mol. The first-order valence-electron chi connectivity index (χ1n) is 6.97. The monoisotopic (exact) mass is 381 g/mol. The summed E-state index contributed by atoms with van der Waals surface area (Å²) in [4.78, 5) is 5.91. The van der Waals surface area contributed by atoms with Gasteiger partial charge in [0, 0.05) is 22.3 Å². The van der Waals surface area contributed by atoms with Crippen LogP contribution in [0, 0.1) is 11.5 Å². The molecule has 116 valence electrons. The summed E-state index contributed by atoms with van der Waals surface area (Å²) < 4.78 is 6.89. The third kappa shape index (κ3) is 2.60. The number of hydrogen-bond acceptors (Lipinski definition) is 5. The molecule has 1 fully saturated rings. The van der Waals surface area contributed by atoms with E-state index in [-0.39, 0.29) is 6.04 Å². The van der Waals surface area contributed by atoms with E-state index in [4.69, 9.17) is 10.00 Å². The number of nitrogens with zero attached hydrogens (tertiary/aromatic N) is 3. The molecule has 22 heavy (non-hydrogen) atoms. The Morgan fingerprint density at radius 1 is 1.55 bits per heavy atom. The van der Waals surface area contributed by atoms with Crippen molar-refractivity contribution in [3.05, 3.63) is 28.2 Å². The maximum atomic E-state index is 10.9. The lowest BCUT2D eigenvalue weighted by molar-refractivity contribution is -0.0800. The van der Waals surface area contributed by atoms with Gasteiger partial charge in [0.15, 0.2) is 5.17 Å². The zero-order chi connectivity index (χ0) is 15.9. The van der Waals surface area contributed by atoms with Gasteiger partial charge < -0.3 is 14.7 Å². The number of amidine groups is 1. The van der Waals surface area contributed by atoms with Gasteiger partial charge in [-0.1, -0.05) is 27.7 Å². The highest BCUT2D eigenvalue weighted by Gasteiger charge is 2.47. The summed E-state index contributed by atoms with van der Waals surface area (Å²) in [5.41, 5.74) is 0.200. The van der Waals surface area contributed by atoms with Crippen molar-refractivity contribution in [1.29, 1.82) is 5.26 Å². The minimum atomic E-state index is -0.725. The maximum absolute atomic E-state index is 10.9. The van der Waals surface area contributed by atoms with E-state index in [1.807, 2.05) is 43.1 Å². The number of aliphatic hydroxyl groups excluding tert-OH is 1. The average Bonchev–Trinajstić information content (AvgIpc) is 2.89. The molecule has 7 heteroatoms. The number of fused-ring (bicyclic) bond motifs is 1. The highest BCUT2D eigenvalue weighted by molar-refractivity contribution is 9.10. The van der Waals surface area contributed by atoms with Crippen LogP contribution in [0.15, 0.2) is 27.7 Å². The molecular formula is C15H16BrN3O2S. The lowest BCUT2D eigenvalue weighted by atomic mass is 9.86. The van der Waals surface area contributed by atoms with Crippen LogP contribution in [0.25, 0.3) is 0 Å². The SMILES string of the molecule is CC1(C)Oc2ccc(Br)cc2C(N2CCS/C2=N\C#N)C1O. The van der Waals surface area contributed by atoms with E-state index in [1.165, 1.54) is 11.8 Å². The summed E-state index contributed by atoms with van der Waals surface area (Å²) in [7, 11) is 0. The van der Waals surface area contributed by atoms with E-state index in [1.54, 1.807) is 0 Å². The third-order valence-corrected chi connectivity index (χ3v) is 5.43. The standard InChI is InChI=1S/C15H16BrN3O2S/c1-15(2)13(20)12(19-5-6-22-14(19)18-8-17)10-7-9(16)3-4-11(10)21-15/h3-4,7,12-13,20H,5-6H2,1-2H3/b18-14-. The van der Waals surface area contributed by atoms with Gasteiger partial charge in [0.2, 0.25) is 6.19 Å². The Morgan fingerprint density at radius 2 is 2.32 bits per heavy atom. The van der Waals surface area contributed by atoms with Crippen molar-refractivity contribution in [2.75, 3.05) is 12.3 Å². The van der Waals surface area contributed by atoms with Crippen LogP contribution in [-0.2, 0) is 0 Å². The van der Waals surface area contributed by atoms with Crippen molar-refractivity contribution in [2.24, 2.45) is 4.99 Å². The van der Waals surface area contributed by atoms with Gasteiger partial charge in [0.1, 0.15) is 17.5 Å². The number of hydrogen-bond donors (Lipinski definition) is 1. The molecule has 2 atom stereocenters. The van der Waals surface area contributed by atoms with Crippen LogP contribution in [0.2, 0.25) is 0 Å². The molecule has 0 bridgehead atoms. The predicted molar refractivity (Wildman–Crippen MR) is 89.8 cm³/mol. The second kappa shape index (κ2) is 5.76. The molecule has 1 N–H and O–H groups in total. The molecule has 0 radical (unpaired) electrons. The van der Waals surface area contributed by atoms with Gasteiger partial charge in [-0.2, -0.15) is 5.26 Å².